The molecule has 3 heterocycles. The Balaban J connectivity index is 1.16. The number of amides is 2. The van der Waals surface area contributed by atoms with Crippen molar-refractivity contribution in [3.63, 3.8) is 0 Å². The number of hydrogen-bond donors (Lipinski definition) is 2. The molecular formula is C31H31ClN8O3. The third-order valence-electron chi connectivity index (χ3n) is 7.19. The van der Waals surface area contributed by atoms with E-state index in [-0.39, 0.29) is 24.6 Å². The Morgan fingerprint density at radius 1 is 1.12 bits per heavy atom. The molecule has 12 heteroatoms. The Hall–Kier alpha value is -4.95. The second-order valence-electron chi connectivity index (χ2n) is 10.1. The number of halogens is 1. The number of nitriles is 1. The molecule has 1 aliphatic rings. The number of benzene rings is 2. The molecule has 0 radical (unpaired) electrons. The Kier molecular flexibility index (Phi) is 9.49. The van der Waals surface area contributed by atoms with E-state index in [2.05, 4.69) is 31.8 Å². The van der Waals surface area contributed by atoms with Crippen LogP contribution in [0.5, 0.6) is 0 Å². The van der Waals surface area contributed by atoms with Gasteiger partial charge in [0.05, 0.1) is 40.9 Å². The highest BCUT2D eigenvalue weighted by Crippen LogP contribution is 2.28. The Morgan fingerprint density at radius 2 is 1.86 bits per heavy atom. The quantitative estimate of drug-likeness (QED) is 0.249. The first-order valence-corrected chi connectivity index (χ1v) is 14.4. The first kappa shape index (κ1) is 29.5. The molecule has 1 fully saturated rings. The van der Waals surface area contributed by atoms with E-state index >= 15 is 0 Å². The zero-order chi connectivity index (χ0) is 30.2. The van der Waals surface area contributed by atoms with E-state index in [4.69, 9.17) is 21.6 Å². The fraction of sp³-hybridized carbons (Fsp3) is 0.290. The third-order valence-corrected chi connectivity index (χ3v) is 7.47. The van der Waals surface area contributed by atoms with Crippen LogP contribution in [0.15, 0.2) is 73.2 Å². The van der Waals surface area contributed by atoms with Gasteiger partial charge >= 0.3 is 6.09 Å². The SMILES string of the molecule is CCC(C#N)NC(=O)c1ccc(-c2nc(Nc3cnn(C4CCN(C(=O)OCc5ccccc5)CC4)c3)ncc2Cl)cc1. The number of ether oxygens (including phenoxy) is 1. The van der Waals surface area contributed by atoms with Crippen LogP contribution in [-0.4, -0.2) is 55.8 Å². The lowest BCUT2D eigenvalue weighted by Gasteiger charge is -2.31. The van der Waals surface area contributed by atoms with Crippen molar-refractivity contribution < 1.29 is 14.3 Å². The summed E-state index contributed by atoms with van der Waals surface area (Å²) in [6, 6.07) is 18.1. The van der Waals surface area contributed by atoms with E-state index in [0.717, 1.165) is 18.4 Å². The maximum Gasteiger partial charge on any atom is 0.410 e. The molecule has 5 rings (SSSR count). The standard InChI is InChI=1S/C31H31ClN8O3/c1-2-24(16-33)36-29(41)23-10-8-22(9-11-23)28-27(32)18-34-30(38-28)37-25-17-35-40(19-25)26-12-14-39(15-13-26)31(42)43-20-21-6-4-3-5-7-21/h3-11,17-19,24,26H,2,12-15,20H2,1H3,(H,36,41)(H,34,37,38). The number of nitrogens with zero attached hydrogens (tertiary/aromatic N) is 6. The van der Waals surface area contributed by atoms with Crippen LogP contribution >= 0.6 is 11.6 Å². The van der Waals surface area contributed by atoms with Gasteiger partial charge in [0.2, 0.25) is 5.95 Å². The molecule has 1 aliphatic heterocycles. The molecule has 1 unspecified atom stereocenters. The smallest absolute Gasteiger partial charge is 0.410 e. The van der Waals surface area contributed by atoms with E-state index < -0.39 is 6.04 Å². The molecule has 4 aromatic rings. The van der Waals surface area contributed by atoms with Gasteiger partial charge in [0, 0.05) is 30.4 Å². The number of carbonyl (C=O) groups excluding carboxylic acids is 2. The van der Waals surface area contributed by atoms with E-state index in [9.17, 15) is 9.59 Å². The second-order valence-corrected chi connectivity index (χ2v) is 10.5. The van der Waals surface area contributed by atoms with Gasteiger partial charge in [-0.15, -0.1) is 0 Å². The molecule has 0 saturated carbocycles. The summed E-state index contributed by atoms with van der Waals surface area (Å²) >= 11 is 6.41. The summed E-state index contributed by atoms with van der Waals surface area (Å²) in [4.78, 5) is 35.6. The summed E-state index contributed by atoms with van der Waals surface area (Å²) in [7, 11) is 0. The molecule has 2 amide bonds. The number of hydrogen-bond acceptors (Lipinski definition) is 8. The summed E-state index contributed by atoms with van der Waals surface area (Å²) in [5.74, 6) is 0.0262. The molecule has 0 bridgehead atoms. The van der Waals surface area contributed by atoms with Gasteiger partial charge < -0.3 is 20.3 Å². The van der Waals surface area contributed by atoms with Crippen LogP contribution in [0.1, 0.15) is 48.1 Å². The largest absolute Gasteiger partial charge is 0.445 e. The number of rotatable bonds is 9. The van der Waals surface area contributed by atoms with Gasteiger partial charge in [-0.2, -0.15) is 10.4 Å². The van der Waals surface area contributed by atoms with Crippen molar-refractivity contribution in [3.05, 3.63) is 89.3 Å². The van der Waals surface area contributed by atoms with Crippen LogP contribution in [-0.2, 0) is 11.3 Å². The van der Waals surface area contributed by atoms with Crippen LogP contribution in [0.3, 0.4) is 0 Å². The van der Waals surface area contributed by atoms with E-state index in [0.29, 0.717) is 53.0 Å². The van der Waals surface area contributed by atoms with E-state index in [1.807, 2.05) is 48.1 Å². The molecule has 2 aromatic heterocycles. The van der Waals surface area contributed by atoms with Gasteiger partial charge in [-0.1, -0.05) is 61.0 Å². The monoisotopic (exact) mass is 598 g/mol. The number of anilines is 2. The van der Waals surface area contributed by atoms with Gasteiger partial charge in [-0.3, -0.25) is 9.48 Å². The summed E-state index contributed by atoms with van der Waals surface area (Å²) in [6.07, 6.45) is 6.85. The van der Waals surface area contributed by atoms with Crippen molar-refractivity contribution in [1.29, 1.82) is 5.26 Å². The fourth-order valence-electron chi connectivity index (χ4n) is 4.73. The van der Waals surface area contributed by atoms with Crippen LogP contribution in [0.25, 0.3) is 11.3 Å². The van der Waals surface area contributed by atoms with Crippen molar-refractivity contribution >= 4 is 35.2 Å². The molecule has 0 aliphatic carbocycles. The third kappa shape index (κ3) is 7.47. The predicted molar refractivity (Wildman–Crippen MR) is 162 cm³/mol. The maximum atomic E-state index is 12.5. The molecule has 11 nitrogen and oxygen atoms in total. The number of piperidine rings is 1. The highest BCUT2D eigenvalue weighted by atomic mass is 35.5. The van der Waals surface area contributed by atoms with Gasteiger partial charge in [0.25, 0.3) is 5.91 Å². The number of carbonyl (C=O) groups is 2. The van der Waals surface area contributed by atoms with Crippen LogP contribution < -0.4 is 10.6 Å². The zero-order valence-corrected chi connectivity index (χ0v) is 24.4. The van der Waals surface area contributed by atoms with Crippen molar-refractivity contribution in [1.82, 2.24) is 30.0 Å². The molecule has 43 heavy (non-hydrogen) atoms. The van der Waals surface area contributed by atoms with Crippen LogP contribution in [0.2, 0.25) is 5.02 Å². The summed E-state index contributed by atoms with van der Waals surface area (Å²) in [5, 5.41) is 19.9. The highest BCUT2D eigenvalue weighted by Gasteiger charge is 2.25. The summed E-state index contributed by atoms with van der Waals surface area (Å²) < 4.78 is 7.36. The molecule has 2 aromatic carbocycles. The lowest BCUT2D eigenvalue weighted by atomic mass is 10.1. The first-order valence-electron chi connectivity index (χ1n) is 14.0. The van der Waals surface area contributed by atoms with Crippen molar-refractivity contribution in [2.75, 3.05) is 18.4 Å². The van der Waals surface area contributed by atoms with Gasteiger partial charge in [0.1, 0.15) is 12.6 Å². The van der Waals surface area contributed by atoms with Gasteiger partial charge in [-0.05, 0) is 37.0 Å². The highest BCUT2D eigenvalue weighted by molar-refractivity contribution is 6.32. The van der Waals surface area contributed by atoms with Crippen molar-refractivity contribution in [2.45, 2.75) is 44.9 Å². The van der Waals surface area contributed by atoms with Gasteiger partial charge in [0.15, 0.2) is 0 Å². The molecule has 1 atom stereocenters. The average molecular weight is 599 g/mol. The van der Waals surface area contributed by atoms with Crippen molar-refractivity contribution in [3.8, 4) is 17.3 Å². The predicted octanol–water partition coefficient (Wildman–Crippen LogP) is 5.74. The van der Waals surface area contributed by atoms with Gasteiger partial charge in [-0.25, -0.2) is 14.8 Å². The minimum Gasteiger partial charge on any atom is -0.445 e. The second kappa shape index (κ2) is 13.8. The normalized spacial score (nSPS) is 14.0. The minimum absolute atomic E-state index is 0.145. The van der Waals surface area contributed by atoms with Crippen molar-refractivity contribution in [2.24, 2.45) is 0 Å². The molecule has 0 spiro atoms. The molecule has 1 saturated heterocycles. The van der Waals surface area contributed by atoms with Crippen LogP contribution in [0, 0.1) is 11.3 Å². The number of nitrogens with one attached hydrogen (secondary N) is 2. The number of likely N-dealkylation sites (tertiary alicyclic amines) is 1. The molecule has 2 N–H and O–H groups in total. The van der Waals surface area contributed by atoms with Crippen LogP contribution in [0.4, 0.5) is 16.4 Å². The van der Waals surface area contributed by atoms with E-state index in [1.165, 1.54) is 6.20 Å². The summed E-state index contributed by atoms with van der Waals surface area (Å²) in [5.41, 5.74) is 3.33. The lowest BCUT2D eigenvalue weighted by molar-refractivity contribution is 0.0821. The van der Waals surface area contributed by atoms with E-state index in [1.54, 1.807) is 35.4 Å². The minimum atomic E-state index is -0.539. The Morgan fingerprint density at radius 3 is 2.56 bits per heavy atom. The Bertz CT molecular complexity index is 1600. The number of aromatic nitrogens is 4. The first-order chi connectivity index (χ1) is 20.9. The molecular weight excluding hydrogens is 568 g/mol. The average Bonchev–Trinajstić information content (AvgIpc) is 3.52. The summed E-state index contributed by atoms with van der Waals surface area (Å²) in [6.45, 7) is 3.26. The lowest BCUT2D eigenvalue weighted by Crippen LogP contribution is -2.39. The topological polar surface area (TPSA) is 138 Å². The zero-order valence-electron chi connectivity index (χ0n) is 23.6. The molecule has 220 valence electrons. The maximum absolute atomic E-state index is 12.5. The fourth-order valence-corrected chi connectivity index (χ4v) is 4.93. The Labute approximate surface area is 254 Å².